The van der Waals surface area contributed by atoms with Crippen molar-refractivity contribution >= 4 is 51.2 Å². The van der Waals surface area contributed by atoms with E-state index in [4.69, 9.17) is 5.73 Å². The number of amides is 4. The highest BCUT2D eigenvalue weighted by Gasteiger charge is 2.44. The summed E-state index contributed by atoms with van der Waals surface area (Å²) in [7, 11) is 2.32. The summed E-state index contributed by atoms with van der Waals surface area (Å²) in [6, 6.07) is 10.5. The maximum atomic E-state index is 13.5. The number of hydrogen-bond acceptors (Lipinski definition) is 9. The van der Waals surface area contributed by atoms with Crippen LogP contribution in [0.4, 0.5) is 0 Å². The van der Waals surface area contributed by atoms with Crippen molar-refractivity contribution in [2.75, 3.05) is 6.54 Å². The van der Waals surface area contributed by atoms with Crippen LogP contribution >= 0.6 is 21.6 Å². The molecule has 0 saturated carbocycles. The van der Waals surface area contributed by atoms with Gasteiger partial charge in [0.15, 0.2) is 0 Å². The van der Waals surface area contributed by atoms with Crippen molar-refractivity contribution in [1.82, 2.24) is 21.3 Å². The van der Waals surface area contributed by atoms with Gasteiger partial charge in [-0.15, -0.1) is 0 Å². The summed E-state index contributed by atoms with van der Waals surface area (Å²) in [5.74, 6) is -3.82. The van der Waals surface area contributed by atoms with Crippen LogP contribution in [0.25, 0.3) is 0 Å². The van der Waals surface area contributed by atoms with E-state index in [0.29, 0.717) is 5.56 Å². The number of carboxylic acid groups (broad SMARTS) is 1. The highest BCUT2D eigenvalue weighted by Crippen LogP contribution is 2.46. The van der Waals surface area contributed by atoms with E-state index in [-0.39, 0.29) is 18.6 Å². The van der Waals surface area contributed by atoms with Crippen molar-refractivity contribution in [3.63, 3.8) is 0 Å². The van der Waals surface area contributed by atoms with Gasteiger partial charge < -0.3 is 37.2 Å². The van der Waals surface area contributed by atoms with Crippen molar-refractivity contribution in [2.24, 2.45) is 5.73 Å². The smallest absolute Gasteiger partial charge is 0.327 e. The lowest BCUT2D eigenvalue weighted by molar-refractivity contribution is -0.143. The number of rotatable bonds is 7. The van der Waals surface area contributed by atoms with Crippen molar-refractivity contribution in [1.29, 1.82) is 0 Å². The zero-order valence-corrected chi connectivity index (χ0v) is 26.6. The number of phenols is 1. The Balaban J connectivity index is 1.88. The van der Waals surface area contributed by atoms with Crippen LogP contribution in [0.5, 0.6) is 5.75 Å². The molecule has 14 heteroatoms. The number of benzene rings is 2. The Morgan fingerprint density at radius 3 is 2.16 bits per heavy atom. The Hall–Kier alpha value is -3.75. The number of carbonyl (C=O) groups is 5. The lowest BCUT2D eigenvalue weighted by Crippen LogP contribution is -2.61. The molecule has 2 aromatic rings. The quantitative estimate of drug-likeness (QED) is 0.214. The Bertz CT molecular complexity index is 1360. The summed E-state index contributed by atoms with van der Waals surface area (Å²) in [6.45, 7) is 6.21. The van der Waals surface area contributed by atoms with Crippen LogP contribution in [0, 0.1) is 0 Å². The molecule has 0 aliphatic carbocycles. The van der Waals surface area contributed by atoms with Gasteiger partial charge in [-0.1, -0.05) is 64.1 Å². The molecule has 3 rings (SSSR count). The van der Waals surface area contributed by atoms with Crippen LogP contribution in [-0.2, 0) is 36.8 Å². The van der Waals surface area contributed by atoms with Crippen LogP contribution in [0.3, 0.4) is 0 Å². The third kappa shape index (κ3) is 9.63. The van der Waals surface area contributed by atoms with Crippen LogP contribution in [0.1, 0.15) is 38.8 Å². The van der Waals surface area contributed by atoms with Gasteiger partial charge in [0.25, 0.3) is 0 Å². The first-order valence-electron chi connectivity index (χ1n) is 13.9. The number of hydrogen-bond donors (Lipinski definition) is 7. The van der Waals surface area contributed by atoms with E-state index in [1.165, 1.54) is 22.9 Å². The van der Waals surface area contributed by atoms with Crippen LogP contribution < -0.4 is 27.0 Å². The van der Waals surface area contributed by atoms with Crippen molar-refractivity contribution in [2.45, 2.75) is 74.2 Å². The van der Waals surface area contributed by atoms with E-state index in [0.717, 1.165) is 16.4 Å². The minimum absolute atomic E-state index is 0.0718. The minimum atomic E-state index is -1.36. The molecule has 1 saturated heterocycles. The molecule has 2 aromatic carbocycles. The molecule has 1 aliphatic heterocycles. The summed E-state index contributed by atoms with van der Waals surface area (Å²) in [5, 5.41) is 30.1. The van der Waals surface area contributed by atoms with E-state index in [2.05, 4.69) is 21.3 Å². The lowest BCUT2D eigenvalue weighted by atomic mass is 10.00. The topological polar surface area (TPSA) is 200 Å². The second-order valence-electron chi connectivity index (χ2n) is 11.6. The molecule has 12 nitrogen and oxygen atoms in total. The number of nitrogens with one attached hydrogen (secondary N) is 4. The lowest BCUT2D eigenvalue weighted by Gasteiger charge is -2.38. The number of aliphatic carboxylic acids is 1. The van der Waals surface area contributed by atoms with Crippen LogP contribution in [0.15, 0.2) is 54.6 Å². The molecule has 238 valence electrons. The monoisotopic (exact) mass is 645 g/mol. The largest absolute Gasteiger partial charge is 0.508 e. The Morgan fingerprint density at radius 1 is 0.932 bits per heavy atom. The third-order valence-corrected chi connectivity index (χ3v) is 11.3. The molecule has 44 heavy (non-hydrogen) atoms. The molecule has 1 heterocycles. The van der Waals surface area contributed by atoms with Gasteiger partial charge in [-0.25, -0.2) is 4.79 Å². The van der Waals surface area contributed by atoms with Gasteiger partial charge in [0, 0.05) is 11.2 Å². The zero-order valence-electron chi connectivity index (χ0n) is 25.0. The molecule has 1 fully saturated rings. The fourth-order valence-electron chi connectivity index (χ4n) is 4.44. The second-order valence-corrected chi connectivity index (χ2v) is 15.0. The van der Waals surface area contributed by atoms with E-state index >= 15 is 0 Å². The third-order valence-electron chi connectivity index (χ3n) is 7.03. The normalized spacial score (nSPS) is 23.2. The first kappa shape index (κ1) is 34.7. The molecular formula is C30H39N5O7S2. The SMILES string of the molecule is CC1(C)SSC(C)(C)[C@@H](NC(=O)C(N)Cc2ccc(O)cc2)C(=O)NCC(=O)N[C@@H](Cc2ccccc2)C(=O)N[C@H]1C(=O)O. The number of phenolic OH excluding ortho intramolecular Hbond substituents is 1. The summed E-state index contributed by atoms with van der Waals surface area (Å²) < 4.78 is -2.14. The van der Waals surface area contributed by atoms with Gasteiger partial charge in [0.05, 0.1) is 17.3 Å². The average Bonchev–Trinajstić information content (AvgIpc) is 2.96. The predicted molar refractivity (Wildman–Crippen MR) is 170 cm³/mol. The van der Waals surface area contributed by atoms with Gasteiger partial charge >= 0.3 is 5.97 Å². The molecule has 0 spiro atoms. The van der Waals surface area contributed by atoms with Crippen molar-refractivity contribution in [3.05, 3.63) is 65.7 Å². The van der Waals surface area contributed by atoms with Gasteiger partial charge in [-0.05, 0) is 57.4 Å². The van der Waals surface area contributed by atoms with E-state index in [1.807, 2.05) is 0 Å². The molecule has 1 aliphatic rings. The molecule has 0 aromatic heterocycles. The Labute approximate surface area is 264 Å². The van der Waals surface area contributed by atoms with Gasteiger partial charge in [-0.3, -0.25) is 19.2 Å². The summed E-state index contributed by atoms with van der Waals surface area (Å²) in [5.41, 5.74) is 7.61. The zero-order chi connectivity index (χ0) is 32.7. The number of carbonyl (C=O) groups excluding carboxylic acids is 4. The first-order valence-corrected chi connectivity index (χ1v) is 16.1. The predicted octanol–water partition coefficient (Wildman–Crippen LogP) is 1.11. The number of nitrogens with two attached hydrogens (primary N) is 1. The molecule has 4 atom stereocenters. The maximum Gasteiger partial charge on any atom is 0.327 e. The van der Waals surface area contributed by atoms with E-state index in [1.54, 1.807) is 70.2 Å². The fourth-order valence-corrected chi connectivity index (χ4v) is 7.26. The Kier molecular flexibility index (Phi) is 11.7. The molecule has 4 amide bonds. The van der Waals surface area contributed by atoms with Crippen LogP contribution in [0.2, 0.25) is 0 Å². The fraction of sp³-hybridized carbons (Fsp3) is 0.433. The number of carboxylic acids is 1. The average molecular weight is 646 g/mol. The molecule has 0 bridgehead atoms. The summed E-state index contributed by atoms with van der Waals surface area (Å²) >= 11 is 0. The maximum absolute atomic E-state index is 13.5. The standard InChI is InChI=1S/C30H39N5O7S2/c1-29(2)23(34-25(38)20(31)14-18-10-12-19(36)13-11-18)27(40)32-16-22(37)33-21(15-17-8-6-5-7-9-17)26(39)35-24(28(41)42)30(3,4)44-43-29/h5-13,20-21,23-24,36H,14-16,31H2,1-4H3,(H,32,40)(H,33,37)(H,34,38)(H,35,39)(H,41,42)/t20?,21-,23-,24-/m0/s1. The summed E-state index contributed by atoms with van der Waals surface area (Å²) in [6.07, 6.45) is 0.229. The van der Waals surface area contributed by atoms with Gasteiger partial charge in [0.1, 0.15) is 23.9 Å². The van der Waals surface area contributed by atoms with Gasteiger partial charge in [0.2, 0.25) is 23.6 Å². The van der Waals surface area contributed by atoms with Crippen molar-refractivity contribution < 1.29 is 34.2 Å². The highest BCUT2D eigenvalue weighted by molar-refractivity contribution is 8.77. The highest BCUT2D eigenvalue weighted by atomic mass is 33.1. The van der Waals surface area contributed by atoms with E-state index in [9.17, 15) is 34.2 Å². The first-order chi connectivity index (χ1) is 20.6. The Morgan fingerprint density at radius 2 is 1.55 bits per heavy atom. The van der Waals surface area contributed by atoms with Crippen LogP contribution in [-0.4, -0.2) is 80.0 Å². The van der Waals surface area contributed by atoms with E-state index < -0.39 is 69.8 Å². The van der Waals surface area contributed by atoms with Crippen molar-refractivity contribution in [3.8, 4) is 5.75 Å². The molecule has 1 unspecified atom stereocenters. The van der Waals surface area contributed by atoms with Gasteiger partial charge in [-0.2, -0.15) is 0 Å². The minimum Gasteiger partial charge on any atom is -0.508 e. The molecule has 8 N–H and O–H groups in total. The summed E-state index contributed by atoms with van der Waals surface area (Å²) in [4.78, 5) is 65.4. The molecular weight excluding hydrogens is 606 g/mol. The molecule has 0 radical (unpaired) electrons. The second kappa shape index (κ2) is 14.8. The number of aromatic hydroxyl groups is 1.